The third kappa shape index (κ3) is 3.17. The van der Waals surface area contributed by atoms with E-state index in [9.17, 15) is 4.39 Å². The Morgan fingerprint density at radius 2 is 2.22 bits per heavy atom. The Kier molecular flexibility index (Phi) is 4.14. The number of nitrogens with one attached hydrogen (secondary N) is 1. The lowest BCUT2D eigenvalue weighted by Crippen LogP contribution is -2.19. The summed E-state index contributed by atoms with van der Waals surface area (Å²) in [4.78, 5) is 0. The molecule has 1 aromatic carbocycles. The van der Waals surface area contributed by atoms with Crippen molar-refractivity contribution in [2.24, 2.45) is 0 Å². The fourth-order valence-corrected chi connectivity index (χ4v) is 2.09. The summed E-state index contributed by atoms with van der Waals surface area (Å²) in [7, 11) is 0. The quantitative estimate of drug-likeness (QED) is 0.934. The van der Waals surface area contributed by atoms with E-state index < -0.39 is 0 Å². The standard InChI is InChI=1S/C13H14BrFN2O/c1-8-5-11(17-18-8)7-16-9(2)12-6-10(14)3-4-13(12)15/h3-6,9,16H,7H2,1-2H3. The SMILES string of the molecule is Cc1cc(CNC(C)c2cc(Br)ccc2F)no1. The summed E-state index contributed by atoms with van der Waals surface area (Å²) in [5.41, 5.74) is 1.44. The first-order valence-electron chi connectivity index (χ1n) is 5.67. The van der Waals surface area contributed by atoms with Gasteiger partial charge in [0.1, 0.15) is 11.6 Å². The van der Waals surface area contributed by atoms with Crippen LogP contribution in [0, 0.1) is 12.7 Å². The number of nitrogens with zero attached hydrogens (tertiary/aromatic N) is 1. The summed E-state index contributed by atoms with van der Waals surface area (Å²) in [5, 5.41) is 7.09. The molecule has 5 heteroatoms. The van der Waals surface area contributed by atoms with Crippen LogP contribution in [0.1, 0.15) is 30.0 Å². The second kappa shape index (κ2) is 5.63. The highest BCUT2D eigenvalue weighted by molar-refractivity contribution is 9.10. The van der Waals surface area contributed by atoms with Crippen molar-refractivity contribution in [2.75, 3.05) is 0 Å². The molecule has 1 N–H and O–H groups in total. The molecule has 0 aliphatic rings. The van der Waals surface area contributed by atoms with Gasteiger partial charge in [0.25, 0.3) is 0 Å². The summed E-state index contributed by atoms with van der Waals surface area (Å²) < 4.78 is 19.5. The maximum Gasteiger partial charge on any atom is 0.133 e. The molecule has 0 bridgehead atoms. The van der Waals surface area contributed by atoms with Crippen LogP contribution in [-0.2, 0) is 6.54 Å². The molecule has 0 saturated carbocycles. The van der Waals surface area contributed by atoms with Crippen LogP contribution >= 0.6 is 15.9 Å². The van der Waals surface area contributed by atoms with Gasteiger partial charge < -0.3 is 9.84 Å². The Hall–Kier alpha value is -1.20. The molecule has 96 valence electrons. The zero-order chi connectivity index (χ0) is 13.1. The van der Waals surface area contributed by atoms with Gasteiger partial charge in [-0.25, -0.2) is 4.39 Å². The summed E-state index contributed by atoms with van der Waals surface area (Å²) in [5.74, 6) is 0.558. The topological polar surface area (TPSA) is 38.1 Å². The summed E-state index contributed by atoms with van der Waals surface area (Å²) in [6, 6.07) is 6.68. The molecule has 0 aliphatic carbocycles. The lowest BCUT2D eigenvalue weighted by molar-refractivity contribution is 0.386. The largest absolute Gasteiger partial charge is 0.361 e. The molecule has 0 saturated heterocycles. The molecule has 0 fully saturated rings. The van der Waals surface area contributed by atoms with Crippen LogP contribution in [0.2, 0.25) is 0 Å². The number of hydrogen-bond acceptors (Lipinski definition) is 3. The maximum atomic E-state index is 13.7. The Morgan fingerprint density at radius 3 is 2.89 bits per heavy atom. The molecule has 0 spiro atoms. The van der Waals surface area contributed by atoms with E-state index in [0.717, 1.165) is 15.9 Å². The Bertz CT molecular complexity index is 542. The lowest BCUT2D eigenvalue weighted by Gasteiger charge is -2.14. The van der Waals surface area contributed by atoms with E-state index in [1.54, 1.807) is 12.1 Å². The Morgan fingerprint density at radius 1 is 1.44 bits per heavy atom. The van der Waals surface area contributed by atoms with E-state index in [1.165, 1.54) is 6.07 Å². The first-order chi connectivity index (χ1) is 8.56. The number of aromatic nitrogens is 1. The van der Waals surface area contributed by atoms with E-state index in [0.29, 0.717) is 12.1 Å². The molecule has 0 radical (unpaired) electrons. The highest BCUT2D eigenvalue weighted by atomic mass is 79.9. The van der Waals surface area contributed by atoms with Gasteiger partial charge in [0.05, 0.1) is 5.69 Å². The molecule has 1 atom stereocenters. The van der Waals surface area contributed by atoms with Crippen LogP contribution in [0.4, 0.5) is 4.39 Å². The van der Waals surface area contributed by atoms with Crippen LogP contribution in [0.3, 0.4) is 0 Å². The van der Waals surface area contributed by atoms with Crippen LogP contribution in [0.5, 0.6) is 0 Å². The molecule has 2 rings (SSSR count). The minimum Gasteiger partial charge on any atom is -0.361 e. The van der Waals surface area contributed by atoms with Crippen molar-refractivity contribution in [3.05, 3.63) is 51.6 Å². The van der Waals surface area contributed by atoms with Crippen LogP contribution in [0.15, 0.2) is 33.3 Å². The number of halogens is 2. The smallest absolute Gasteiger partial charge is 0.133 e. The molecule has 0 aliphatic heterocycles. The number of hydrogen-bond donors (Lipinski definition) is 1. The van der Waals surface area contributed by atoms with E-state index in [-0.39, 0.29) is 11.9 Å². The van der Waals surface area contributed by atoms with Gasteiger partial charge in [0.15, 0.2) is 0 Å². The minimum absolute atomic E-state index is 0.0977. The molecule has 1 aromatic heterocycles. The first-order valence-corrected chi connectivity index (χ1v) is 6.46. The maximum absolute atomic E-state index is 13.7. The van der Waals surface area contributed by atoms with Crippen molar-refractivity contribution >= 4 is 15.9 Å². The second-order valence-electron chi connectivity index (χ2n) is 4.20. The molecule has 0 amide bonds. The van der Waals surface area contributed by atoms with Gasteiger partial charge in [0, 0.05) is 28.7 Å². The molecule has 1 heterocycles. The van der Waals surface area contributed by atoms with Gasteiger partial charge >= 0.3 is 0 Å². The van der Waals surface area contributed by atoms with Crippen LogP contribution in [0.25, 0.3) is 0 Å². The lowest BCUT2D eigenvalue weighted by atomic mass is 10.1. The minimum atomic E-state index is -0.213. The number of benzene rings is 1. The van der Waals surface area contributed by atoms with E-state index in [1.807, 2.05) is 19.9 Å². The monoisotopic (exact) mass is 312 g/mol. The molecule has 18 heavy (non-hydrogen) atoms. The van der Waals surface area contributed by atoms with Crippen molar-refractivity contribution in [1.82, 2.24) is 10.5 Å². The molecule has 2 aromatic rings. The summed E-state index contributed by atoms with van der Waals surface area (Å²) >= 11 is 3.34. The highest BCUT2D eigenvalue weighted by Crippen LogP contribution is 2.21. The molecular weight excluding hydrogens is 299 g/mol. The summed E-state index contributed by atoms with van der Waals surface area (Å²) in [6.07, 6.45) is 0. The van der Waals surface area contributed by atoms with E-state index in [4.69, 9.17) is 4.52 Å². The zero-order valence-electron chi connectivity index (χ0n) is 10.2. The predicted octanol–water partition coefficient (Wildman–Crippen LogP) is 3.74. The fourth-order valence-electron chi connectivity index (χ4n) is 1.72. The number of aryl methyl sites for hydroxylation is 1. The normalized spacial score (nSPS) is 12.7. The number of rotatable bonds is 4. The third-order valence-electron chi connectivity index (χ3n) is 2.69. The summed E-state index contributed by atoms with van der Waals surface area (Å²) in [6.45, 7) is 4.30. The average Bonchev–Trinajstić information content (AvgIpc) is 2.75. The molecule has 3 nitrogen and oxygen atoms in total. The highest BCUT2D eigenvalue weighted by Gasteiger charge is 2.11. The van der Waals surface area contributed by atoms with Gasteiger partial charge in [-0.15, -0.1) is 0 Å². The Balaban J connectivity index is 2.03. The van der Waals surface area contributed by atoms with Crippen molar-refractivity contribution in [1.29, 1.82) is 0 Å². The second-order valence-corrected chi connectivity index (χ2v) is 5.11. The van der Waals surface area contributed by atoms with Gasteiger partial charge in [-0.3, -0.25) is 0 Å². The fraction of sp³-hybridized carbons (Fsp3) is 0.308. The molecule has 1 unspecified atom stereocenters. The average molecular weight is 313 g/mol. The van der Waals surface area contributed by atoms with E-state index >= 15 is 0 Å². The van der Waals surface area contributed by atoms with Crippen molar-refractivity contribution in [3.63, 3.8) is 0 Å². The van der Waals surface area contributed by atoms with E-state index in [2.05, 4.69) is 26.4 Å². The predicted molar refractivity (Wildman–Crippen MR) is 70.6 cm³/mol. The Labute approximate surface area is 113 Å². The van der Waals surface area contributed by atoms with Crippen molar-refractivity contribution in [3.8, 4) is 0 Å². The molecular formula is C13H14BrFN2O. The van der Waals surface area contributed by atoms with Gasteiger partial charge in [-0.1, -0.05) is 21.1 Å². The van der Waals surface area contributed by atoms with Crippen molar-refractivity contribution in [2.45, 2.75) is 26.4 Å². The third-order valence-corrected chi connectivity index (χ3v) is 3.18. The first kappa shape index (κ1) is 13.2. The van der Waals surface area contributed by atoms with Gasteiger partial charge in [-0.2, -0.15) is 0 Å². The van der Waals surface area contributed by atoms with Gasteiger partial charge in [-0.05, 0) is 32.0 Å². The zero-order valence-corrected chi connectivity index (χ0v) is 11.8. The van der Waals surface area contributed by atoms with Gasteiger partial charge in [0.2, 0.25) is 0 Å². The van der Waals surface area contributed by atoms with Crippen LogP contribution < -0.4 is 5.32 Å². The van der Waals surface area contributed by atoms with Crippen molar-refractivity contribution < 1.29 is 8.91 Å². The van der Waals surface area contributed by atoms with Crippen LogP contribution in [-0.4, -0.2) is 5.16 Å².